The number of pyridine rings is 1. The Labute approximate surface area is 133 Å². The number of carbonyl (C=O) groups excluding carboxylic acids is 1. The number of rotatable bonds is 4. The predicted octanol–water partition coefficient (Wildman–Crippen LogP) is 3.25. The van der Waals surface area contributed by atoms with Crippen molar-refractivity contribution in [3.05, 3.63) is 59.8 Å². The lowest BCUT2D eigenvalue weighted by Crippen LogP contribution is -2.14. The Hall–Kier alpha value is -2.95. The smallest absolute Gasteiger partial charge is 0.249 e. The molecular weight excluding hydrogens is 288 g/mol. The van der Waals surface area contributed by atoms with E-state index in [1.807, 2.05) is 60.7 Å². The van der Waals surface area contributed by atoms with Crippen molar-refractivity contribution in [2.24, 2.45) is 5.92 Å². The normalized spacial score (nSPS) is 14.4. The lowest BCUT2D eigenvalue weighted by atomic mass is 10.2. The fourth-order valence-corrected chi connectivity index (χ4v) is 2.41. The van der Waals surface area contributed by atoms with Gasteiger partial charge in [-0.3, -0.25) is 10.1 Å². The summed E-state index contributed by atoms with van der Waals surface area (Å²) in [4.78, 5) is 16.2. The summed E-state index contributed by atoms with van der Waals surface area (Å²) in [5.41, 5.74) is 2.74. The van der Waals surface area contributed by atoms with Crippen molar-refractivity contribution in [2.75, 3.05) is 5.32 Å². The lowest BCUT2D eigenvalue weighted by Gasteiger charge is -1.98. The first-order valence-electron chi connectivity index (χ1n) is 7.69. The number of anilines is 1. The highest BCUT2D eigenvalue weighted by atomic mass is 16.2. The number of fused-ring (bicyclic) bond motifs is 1. The molecule has 0 bridgehead atoms. The van der Waals surface area contributed by atoms with Gasteiger partial charge in [0.05, 0.1) is 5.69 Å². The molecule has 3 aromatic rings. The molecule has 114 valence electrons. The van der Waals surface area contributed by atoms with Crippen LogP contribution in [0.25, 0.3) is 17.8 Å². The maximum Gasteiger partial charge on any atom is 0.249 e. The highest BCUT2D eigenvalue weighted by Gasteiger charge is 2.30. The minimum absolute atomic E-state index is 0.0160. The molecule has 1 amide bonds. The second kappa shape index (κ2) is 5.68. The molecule has 2 aromatic heterocycles. The van der Waals surface area contributed by atoms with Crippen LogP contribution in [0.4, 0.5) is 5.95 Å². The molecule has 1 aliphatic carbocycles. The van der Waals surface area contributed by atoms with Gasteiger partial charge in [-0.1, -0.05) is 42.5 Å². The van der Waals surface area contributed by atoms with Gasteiger partial charge in [0, 0.05) is 5.92 Å². The highest BCUT2D eigenvalue weighted by Crippen LogP contribution is 2.29. The van der Waals surface area contributed by atoms with Crippen LogP contribution in [0.1, 0.15) is 24.1 Å². The summed E-state index contributed by atoms with van der Waals surface area (Å²) in [6.07, 6.45) is 5.94. The van der Waals surface area contributed by atoms with E-state index in [9.17, 15) is 4.79 Å². The van der Waals surface area contributed by atoms with Gasteiger partial charge in [-0.25, -0.2) is 4.52 Å². The van der Waals surface area contributed by atoms with Gasteiger partial charge in [-0.15, -0.1) is 5.10 Å². The van der Waals surface area contributed by atoms with Gasteiger partial charge in [0.2, 0.25) is 11.9 Å². The maximum absolute atomic E-state index is 11.8. The van der Waals surface area contributed by atoms with Crippen molar-refractivity contribution < 1.29 is 4.79 Å². The summed E-state index contributed by atoms with van der Waals surface area (Å²) in [7, 11) is 0. The van der Waals surface area contributed by atoms with Crippen molar-refractivity contribution in [1.29, 1.82) is 0 Å². The Morgan fingerprint density at radius 2 is 1.91 bits per heavy atom. The van der Waals surface area contributed by atoms with Gasteiger partial charge in [-0.05, 0) is 36.6 Å². The van der Waals surface area contributed by atoms with Crippen LogP contribution in [0.2, 0.25) is 0 Å². The molecule has 1 saturated carbocycles. The Bertz CT molecular complexity index is 878. The Morgan fingerprint density at radius 3 is 2.70 bits per heavy atom. The molecule has 0 saturated heterocycles. The van der Waals surface area contributed by atoms with Gasteiger partial charge >= 0.3 is 0 Å². The molecule has 23 heavy (non-hydrogen) atoms. The lowest BCUT2D eigenvalue weighted by molar-refractivity contribution is -0.117. The topological polar surface area (TPSA) is 59.3 Å². The van der Waals surface area contributed by atoms with E-state index < -0.39 is 0 Å². The van der Waals surface area contributed by atoms with Crippen LogP contribution in [0.5, 0.6) is 0 Å². The molecule has 4 rings (SSSR count). The van der Waals surface area contributed by atoms with E-state index in [-0.39, 0.29) is 11.8 Å². The predicted molar refractivity (Wildman–Crippen MR) is 89.7 cm³/mol. The molecular formula is C18H16N4O. The molecule has 1 aromatic carbocycles. The van der Waals surface area contributed by atoms with Crippen molar-refractivity contribution in [1.82, 2.24) is 14.6 Å². The first-order chi connectivity index (χ1) is 11.3. The molecule has 0 unspecified atom stereocenters. The molecule has 1 aliphatic rings. The van der Waals surface area contributed by atoms with E-state index in [4.69, 9.17) is 0 Å². The van der Waals surface area contributed by atoms with E-state index in [1.54, 1.807) is 4.52 Å². The molecule has 1 N–H and O–H groups in total. The first kappa shape index (κ1) is 13.7. The van der Waals surface area contributed by atoms with Crippen molar-refractivity contribution in [3.8, 4) is 0 Å². The van der Waals surface area contributed by atoms with Crippen LogP contribution < -0.4 is 5.32 Å². The summed E-state index contributed by atoms with van der Waals surface area (Å²) in [5.74, 6) is 0.517. The number of amides is 1. The van der Waals surface area contributed by atoms with Gasteiger partial charge in [0.25, 0.3) is 0 Å². The molecule has 0 aliphatic heterocycles. The third kappa shape index (κ3) is 2.99. The Balaban J connectivity index is 1.63. The largest absolute Gasteiger partial charge is 0.293 e. The van der Waals surface area contributed by atoms with E-state index in [0.717, 1.165) is 24.1 Å². The summed E-state index contributed by atoms with van der Waals surface area (Å²) in [6, 6.07) is 15.8. The zero-order valence-corrected chi connectivity index (χ0v) is 12.5. The molecule has 0 radical (unpaired) electrons. The van der Waals surface area contributed by atoms with Crippen molar-refractivity contribution in [3.63, 3.8) is 0 Å². The third-order valence-corrected chi connectivity index (χ3v) is 3.82. The van der Waals surface area contributed by atoms with E-state index in [2.05, 4.69) is 15.4 Å². The van der Waals surface area contributed by atoms with Gasteiger partial charge in [0.1, 0.15) is 0 Å². The summed E-state index contributed by atoms with van der Waals surface area (Å²) in [5, 5.41) is 7.19. The molecule has 0 spiro atoms. The van der Waals surface area contributed by atoms with Crippen LogP contribution in [0.3, 0.4) is 0 Å². The average Bonchev–Trinajstić information content (AvgIpc) is 3.34. The zero-order chi connectivity index (χ0) is 15.6. The number of hydrogen-bond acceptors (Lipinski definition) is 3. The van der Waals surface area contributed by atoms with E-state index in [0.29, 0.717) is 11.6 Å². The molecule has 5 nitrogen and oxygen atoms in total. The molecule has 2 heterocycles. The van der Waals surface area contributed by atoms with Crippen LogP contribution in [0.15, 0.2) is 48.5 Å². The van der Waals surface area contributed by atoms with Crippen molar-refractivity contribution >= 4 is 29.7 Å². The van der Waals surface area contributed by atoms with Crippen LogP contribution >= 0.6 is 0 Å². The number of aromatic nitrogens is 3. The van der Waals surface area contributed by atoms with Gasteiger partial charge in [0.15, 0.2) is 5.65 Å². The second-order valence-electron chi connectivity index (χ2n) is 5.66. The highest BCUT2D eigenvalue weighted by molar-refractivity contribution is 5.92. The number of nitrogens with zero attached hydrogens (tertiary/aromatic N) is 3. The molecule has 1 fully saturated rings. The number of benzene rings is 1. The standard InChI is InChI=1S/C18H16N4O/c23-17(14-10-11-14)20-18-19-16-8-4-7-15(22(16)21-18)12-9-13-5-2-1-3-6-13/h1-9,12,14H,10-11H2,(H,20,21,23). The van der Waals surface area contributed by atoms with E-state index >= 15 is 0 Å². The van der Waals surface area contributed by atoms with E-state index in [1.165, 1.54) is 0 Å². The van der Waals surface area contributed by atoms with Crippen LogP contribution in [-0.4, -0.2) is 20.5 Å². The first-order valence-corrected chi connectivity index (χ1v) is 7.69. The number of carbonyl (C=O) groups is 1. The number of hydrogen-bond donors (Lipinski definition) is 1. The van der Waals surface area contributed by atoms with Gasteiger partial charge in [-0.2, -0.15) is 4.98 Å². The molecule has 0 atom stereocenters. The summed E-state index contributed by atoms with van der Waals surface area (Å²) >= 11 is 0. The minimum atomic E-state index is 0.0160. The zero-order valence-electron chi connectivity index (χ0n) is 12.5. The Kier molecular flexibility index (Phi) is 3.38. The fourth-order valence-electron chi connectivity index (χ4n) is 2.41. The third-order valence-electron chi connectivity index (χ3n) is 3.82. The van der Waals surface area contributed by atoms with Crippen LogP contribution in [0, 0.1) is 5.92 Å². The van der Waals surface area contributed by atoms with Gasteiger partial charge < -0.3 is 0 Å². The quantitative estimate of drug-likeness (QED) is 0.805. The minimum Gasteiger partial charge on any atom is -0.293 e. The Morgan fingerprint density at radius 1 is 1.09 bits per heavy atom. The average molecular weight is 304 g/mol. The number of nitrogens with one attached hydrogen (secondary N) is 1. The maximum atomic E-state index is 11.8. The summed E-state index contributed by atoms with van der Waals surface area (Å²) in [6.45, 7) is 0. The van der Waals surface area contributed by atoms with Crippen molar-refractivity contribution in [2.45, 2.75) is 12.8 Å². The molecule has 5 heteroatoms. The SMILES string of the molecule is O=C(Nc1nc2cccc(C=Cc3ccccc3)n2n1)C1CC1. The summed E-state index contributed by atoms with van der Waals surface area (Å²) < 4.78 is 1.74. The second-order valence-corrected chi connectivity index (χ2v) is 5.66. The fraction of sp³-hybridized carbons (Fsp3) is 0.167. The van der Waals surface area contributed by atoms with Crippen LogP contribution in [-0.2, 0) is 4.79 Å². The monoisotopic (exact) mass is 304 g/mol.